The third kappa shape index (κ3) is 4.63. The van der Waals surface area contributed by atoms with Gasteiger partial charge in [-0.25, -0.2) is 0 Å². The van der Waals surface area contributed by atoms with Gasteiger partial charge in [0.1, 0.15) is 12.4 Å². The number of benzene rings is 1. The number of nitrogens with one attached hydrogen (secondary N) is 1. The van der Waals surface area contributed by atoms with Gasteiger partial charge < -0.3 is 19.7 Å². The Kier molecular flexibility index (Phi) is 6.07. The molecule has 1 aliphatic rings. The highest BCUT2D eigenvalue weighted by molar-refractivity contribution is 5.79. The minimum atomic E-state index is 0.232. The molecule has 1 aliphatic heterocycles. The monoisotopic (exact) mass is 305 g/mol. The average molecular weight is 305 g/mol. The molecule has 0 spiro atoms. The highest BCUT2D eigenvalue weighted by Gasteiger charge is 2.17. The van der Waals surface area contributed by atoms with Gasteiger partial charge in [-0.1, -0.05) is 12.1 Å². The van der Waals surface area contributed by atoms with E-state index in [0.717, 1.165) is 36.7 Å². The highest BCUT2D eigenvalue weighted by atomic mass is 16.5. The van der Waals surface area contributed by atoms with Gasteiger partial charge in [-0.15, -0.1) is 0 Å². The second-order valence-corrected chi connectivity index (χ2v) is 5.85. The first kappa shape index (κ1) is 16.6. The van der Waals surface area contributed by atoms with Crippen LogP contribution in [0.3, 0.4) is 0 Å². The number of rotatable bonds is 5. The number of hydrogen-bond acceptors (Lipinski definition) is 3. The molecule has 0 saturated carbocycles. The first-order valence-corrected chi connectivity index (χ1v) is 7.82. The predicted octanol–water partition coefficient (Wildman–Crippen LogP) is 2.19. The lowest BCUT2D eigenvalue weighted by atomic mass is 10.1. The maximum absolute atomic E-state index is 6.01. The van der Waals surface area contributed by atoms with Crippen LogP contribution < -0.4 is 10.1 Å². The zero-order valence-electron chi connectivity index (χ0n) is 14.1. The second kappa shape index (κ2) is 8.03. The fraction of sp³-hybridized carbons (Fsp3) is 0.588. The summed E-state index contributed by atoms with van der Waals surface area (Å²) in [6.45, 7) is 4.25. The molecule has 22 heavy (non-hydrogen) atoms. The van der Waals surface area contributed by atoms with Crippen LogP contribution in [0.2, 0.25) is 0 Å². The average Bonchev–Trinajstić information content (AvgIpc) is 3.00. The van der Waals surface area contributed by atoms with Crippen molar-refractivity contribution < 1.29 is 9.47 Å². The van der Waals surface area contributed by atoms with Crippen LogP contribution in [0.5, 0.6) is 5.75 Å². The smallest absolute Gasteiger partial charge is 0.193 e. The number of aryl methyl sites for hydroxylation is 1. The quantitative estimate of drug-likeness (QED) is 0.669. The van der Waals surface area contributed by atoms with Crippen LogP contribution in [0.25, 0.3) is 0 Å². The van der Waals surface area contributed by atoms with E-state index >= 15 is 0 Å². The first-order chi connectivity index (χ1) is 10.6. The van der Waals surface area contributed by atoms with E-state index in [2.05, 4.69) is 35.4 Å². The van der Waals surface area contributed by atoms with Crippen molar-refractivity contribution >= 4 is 5.96 Å². The summed E-state index contributed by atoms with van der Waals surface area (Å²) in [5.74, 6) is 1.78. The van der Waals surface area contributed by atoms with Crippen molar-refractivity contribution in [1.29, 1.82) is 0 Å². The van der Waals surface area contributed by atoms with E-state index in [1.807, 2.05) is 19.0 Å². The molecule has 1 aromatic rings. The number of nitrogens with zero attached hydrogens (tertiary/aromatic N) is 2. The van der Waals surface area contributed by atoms with E-state index in [1.54, 1.807) is 7.05 Å². The van der Waals surface area contributed by atoms with Gasteiger partial charge in [0.05, 0.1) is 6.10 Å². The third-order valence-corrected chi connectivity index (χ3v) is 3.74. The van der Waals surface area contributed by atoms with Crippen molar-refractivity contribution in [3.05, 3.63) is 29.3 Å². The van der Waals surface area contributed by atoms with E-state index in [1.165, 1.54) is 5.56 Å². The summed E-state index contributed by atoms with van der Waals surface area (Å²) >= 11 is 0. The zero-order valence-corrected chi connectivity index (χ0v) is 14.1. The summed E-state index contributed by atoms with van der Waals surface area (Å²) in [6, 6.07) is 6.30. The van der Waals surface area contributed by atoms with Crippen LogP contribution >= 0.6 is 0 Å². The van der Waals surface area contributed by atoms with Crippen molar-refractivity contribution in [3.63, 3.8) is 0 Å². The number of ether oxygens (including phenoxy) is 2. The third-order valence-electron chi connectivity index (χ3n) is 3.74. The van der Waals surface area contributed by atoms with Crippen molar-refractivity contribution in [2.24, 2.45) is 4.99 Å². The lowest BCUT2D eigenvalue weighted by molar-refractivity contribution is 0.0676. The summed E-state index contributed by atoms with van der Waals surface area (Å²) in [5, 5.41) is 3.34. The molecule has 2 rings (SSSR count). The first-order valence-electron chi connectivity index (χ1n) is 7.82. The molecule has 1 N–H and O–H groups in total. The predicted molar refractivity (Wildman–Crippen MR) is 89.5 cm³/mol. The van der Waals surface area contributed by atoms with Crippen LogP contribution in [0.4, 0.5) is 0 Å². The molecule has 0 radical (unpaired) electrons. The van der Waals surface area contributed by atoms with Gasteiger partial charge in [0.2, 0.25) is 0 Å². The van der Waals surface area contributed by atoms with Crippen LogP contribution in [-0.4, -0.2) is 51.3 Å². The molecule has 5 nitrogen and oxygen atoms in total. The van der Waals surface area contributed by atoms with Crippen molar-refractivity contribution in [2.75, 3.05) is 34.4 Å². The molecule has 0 bridgehead atoms. The molecule has 0 aromatic heterocycles. The Balaban J connectivity index is 2.00. The Labute approximate surface area is 133 Å². The Hall–Kier alpha value is -1.75. The summed E-state index contributed by atoms with van der Waals surface area (Å²) < 4.78 is 11.6. The van der Waals surface area contributed by atoms with Crippen LogP contribution in [0.15, 0.2) is 23.2 Å². The highest BCUT2D eigenvalue weighted by Crippen LogP contribution is 2.22. The molecule has 122 valence electrons. The lowest BCUT2D eigenvalue weighted by Crippen LogP contribution is -2.35. The number of aliphatic imine (C=N–C) groups is 1. The Morgan fingerprint density at radius 3 is 2.91 bits per heavy atom. The summed E-state index contributed by atoms with van der Waals surface area (Å²) in [4.78, 5) is 6.19. The molecular formula is C17H27N3O2. The number of guanidine groups is 1. The molecule has 1 saturated heterocycles. The van der Waals surface area contributed by atoms with Gasteiger partial charge in [0.15, 0.2) is 5.96 Å². The minimum absolute atomic E-state index is 0.232. The molecule has 1 aromatic carbocycles. The van der Waals surface area contributed by atoms with Crippen LogP contribution in [0, 0.1) is 6.92 Å². The standard InChI is InChI=1S/C17H27N3O2/c1-13-7-8-14(11-19-17(18-2)20(3)4)16(10-13)22-12-15-6-5-9-21-15/h7-8,10,15H,5-6,9,11-12H2,1-4H3,(H,18,19). The molecule has 0 amide bonds. The van der Waals surface area contributed by atoms with Gasteiger partial charge >= 0.3 is 0 Å². The van der Waals surface area contributed by atoms with Gasteiger partial charge in [-0.05, 0) is 31.4 Å². The Morgan fingerprint density at radius 2 is 2.27 bits per heavy atom. The zero-order chi connectivity index (χ0) is 15.9. The molecule has 1 atom stereocenters. The van der Waals surface area contributed by atoms with Crippen molar-refractivity contribution in [2.45, 2.75) is 32.4 Å². The summed E-state index contributed by atoms with van der Waals surface area (Å²) in [5.41, 5.74) is 2.33. The fourth-order valence-electron chi connectivity index (χ4n) is 2.51. The van der Waals surface area contributed by atoms with Crippen molar-refractivity contribution in [1.82, 2.24) is 10.2 Å². The molecule has 0 aliphatic carbocycles. The normalized spacial score (nSPS) is 18.4. The molecule has 1 heterocycles. The second-order valence-electron chi connectivity index (χ2n) is 5.85. The van der Waals surface area contributed by atoms with Gasteiger partial charge in [-0.2, -0.15) is 0 Å². The topological polar surface area (TPSA) is 46.1 Å². The van der Waals surface area contributed by atoms with E-state index in [9.17, 15) is 0 Å². The van der Waals surface area contributed by atoms with E-state index in [4.69, 9.17) is 9.47 Å². The van der Waals surface area contributed by atoms with E-state index < -0.39 is 0 Å². The van der Waals surface area contributed by atoms with Crippen molar-refractivity contribution in [3.8, 4) is 5.75 Å². The van der Waals surface area contributed by atoms with E-state index in [-0.39, 0.29) is 6.10 Å². The molecule has 5 heteroatoms. The summed E-state index contributed by atoms with van der Waals surface area (Å²) in [7, 11) is 5.73. The van der Waals surface area contributed by atoms with Crippen LogP contribution in [-0.2, 0) is 11.3 Å². The Morgan fingerprint density at radius 1 is 1.45 bits per heavy atom. The SMILES string of the molecule is CN=C(NCc1ccc(C)cc1OCC1CCCO1)N(C)C. The minimum Gasteiger partial charge on any atom is -0.491 e. The van der Waals surface area contributed by atoms with Gasteiger partial charge in [0, 0.05) is 39.9 Å². The number of hydrogen-bond donors (Lipinski definition) is 1. The maximum atomic E-state index is 6.01. The molecule has 1 unspecified atom stereocenters. The summed E-state index contributed by atoms with van der Waals surface area (Å²) in [6.07, 6.45) is 2.46. The van der Waals surface area contributed by atoms with Crippen LogP contribution in [0.1, 0.15) is 24.0 Å². The molecular weight excluding hydrogens is 278 g/mol. The van der Waals surface area contributed by atoms with E-state index in [0.29, 0.717) is 13.2 Å². The molecule has 1 fully saturated rings. The largest absolute Gasteiger partial charge is 0.491 e. The lowest BCUT2D eigenvalue weighted by Gasteiger charge is -2.19. The van der Waals surface area contributed by atoms with Gasteiger partial charge in [0.25, 0.3) is 0 Å². The Bertz CT molecular complexity index is 509. The van der Waals surface area contributed by atoms with Gasteiger partial charge in [-0.3, -0.25) is 4.99 Å². The maximum Gasteiger partial charge on any atom is 0.193 e. The fourth-order valence-corrected chi connectivity index (χ4v) is 2.51.